The van der Waals surface area contributed by atoms with Crippen molar-refractivity contribution in [3.8, 4) is 0 Å². The van der Waals surface area contributed by atoms with Gasteiger partial charge in [-0.3, -0.25) is 0 Å². The third-order valence-corrected chi connectivity index (χ3v) is 3.19. The highest BCUT2D eigenvalue weighted by atomic mass is 35.5. The van der Waals surface area contributed by atoms with Gasteiger partial charge in [-0.25, -0.2) is 4.98 Å². The van der Waals surface area contributed by atoms with E-state index in [-0.39, 0.29) is 5.41 Å². The molecule has 2 rings (SSSR count). The van der Waals surface area contributed by atoms with Crippen molar-refractivity contribution in [1.29, 1.82) is 0 Å². The molecule has 2 aromatic rings. The fourth-order valence-electron chi connectivity index (χ4n) is 1.81. The minimum atomic E-state index is 0.0469. The molecule has 0 aliphatic rings. The minimum absolute atomic E-state index is 0.0469. The second-order valence-corrected chi connectivity index (χ2v) is 5.34. The van der Waals surface area contributed by atoms with Gasteiger partial charge in [-0.2, -0.15) is 0 Å². The van der Waals surface area contributed by atoms with Crippen molar-refractivity contribution < 1.29 is 0 Å². The highest BCUT2D eigenvalue weighted by molar-refractivity contribution is 6.29. The van der Waals surface area contributed by atoms with Crippen molar-refractivity contribution in [3.63, 3.8) is 0 Å². The van der Waals surface area contributed by atoms with Gasteiger partial charge >= 0.3 is 0 Å². The Morgan fingerprint density at radius 2 is 1.78 bits per heavy atom. The van der Waals surface area contributed by atoms with Gasteiger partial charge in [0.2, 0.25) is 0 Å². The molecule has 0 bridgehead atoms. The predicted octanol–water partition coefficient (Wildman–Crippen LogP) is 4.12. The summed E-state index contributed by atoms with van der Waals surface area (Å²) in [4.78, 5) is 4.22. The van der Waals surface area contributed by atoms with Gasteiger partial charge in [-0.05, 0) is 17.7 Å². The molecular formula is C15H17ClN2. The van der Waals surface area contributed by atoms with Crippen LogP contribution in [-0.4, -0.2) is 11.5 Å². The van der Waals surface area contributed by atoms with Crippen LogP contribution in [0.5, 0.6) is 0 Å². The summed E-state index contributed by atoms with van der Waals surface area (Å²) in [5.41, 5.74) is 1.35. The lowest BCUT2D eigenvalue weighted by molar-refractivity contribution is 0.556. The summed E-state index contributed by atoms with van der Waals surface area (Å²) in [6, 6.07) is 16.0. The zero-order valence-corrected chi connectivity index (χ0v) is 11.4. The molecule has 0 aliphatic heterocycles. The van der Waals surface area contributed by atoms with E-state index in [0.717, 1.165) is 12.4 Å². The largest absolute Gasteiger partial charge is 0.369 e. The Hall–Kier alpha value is -1.54. The number of hydrogen-bond donors (Lipinski definition) is 1. The van der Waals surface area contributed by atoms with E-state index < -0.39 is 0 Å². The van der Waals surface area contributed by atoms with Gasteiger partial charge in [0.25, 0.3) is 0 Å². The molecule has 0 saturated heterocycles. The number of pyridine rings is 1. The minimum Gasteiger partial charge on any atom is -0.369 e. The first-order valence-electron chi connectivity index (χ1n) is 6.00. The first-order chi connectivity index (χ1) is 8.58. The van der Waals surface area contributed by atoms with Crippen LogP contribution in [0, 0.1) is 0 Å². The summed E-state index contributed by atoms with van der Waals surface area (Å²) in [5, 5.41) is 3.84. The van der Waals surface area contributed by atoms with Crippen molar-refractivity contribution in [1.82, 2.24) is 4.98 Å². The average molecular weight is 261 g/mol. The van der Waals surface area contributed by atoms with Gasteiger partial charge in [0.15, 0.2) is 0 Å². The molecule has 0 spiro atoms. The Morgan fingerprint density at radius 3 is 2.44 bits per heavy atom. The summed E-state index contributed by atoms with van der Waals surface area (Å²) >= 11 is 5.86. The summed E-state index contributed by atoms with van der Waals surface area (Å²) in [7, 11) is 0. The lowest BCUT2D eigenvalue weighted by atomic mass is 9.85. The smallest absolute Gasteiger partial charge is 0.131 e. The summed E-state index contributed by atoms with van der Waals surface area (Å²) in [5.74, 6) is 0.812. The second kappa shape index (κ2) is 5.40. The van der Waals surface area contributed by atoms with Gasteiger partial charge < -0.3 is 5.32 Å². The molecule has 18 heavy (non-hydrogen) atoms. The predicted molar refractivity (Wildman–Crippen MR) is 77.2 cm³/mol. The molecule has 1 heterocycles. The number of nitrogens with zero attached hydrogens (tertiary/aromatic N) is 1. The Labute approximate surface area is 113 Å². The van der Waals surface area contributed by atoms with Crippen molar-refractivity contribution >= 4 is 17.4 Å². The van der Waals surface area contributed by atoms with Crippen molar-refractivity contribution in [2.75, 3.05) is 11.9 Å². The van der Waals surface area contributed by atoms with Crippen LogP contribution in [0.2, 0.25) is 5.15 Å². The van der Waals surface area contributed by atoms with Gasteiger partial charge in [0, 0.05) is 12.0 Å². The molecule has 0 atom stereocenters. The standard InChI is InChI=1S/C15H17ClN2/c1-15(2,12-7-4-3-5-8-12)11-17-14-10-6-9-13(16)18-14/h3-10H,11H2,1-2H3,(H,17,18). The van der Waals surface area contributed by atoms with Crippen LogP contribution in [-0.2, 0) is 5.41 Å². The maximum Gasteiger partial charge on any atom is 0.131 e. The number of halogens is 1. The second-order valence-electron chi connectivity index (χ2n) is 4.95. The van der Waals surface area contributed by atoms with Crippen molar-refractivity contribution in [2.45, 2.75) is 19.3 Å². The van der Waals surface area contributed by atoms with Crippen LogP contribution in [0.15, 0.2) is 48.5 Å². The topological polar surface area (TPSA) is 24.9 Å². The van der Waals surface area contributed by atoms with E-state index in [1.54, 1.807) is 6.07 Å². The third kappa shape index (κ3) is 3.23. The van der Waals surface area contributed by atoms with E-state index in [4.69, 9.17) is 11.6 Å². The van der Waals surface area contributed by atoms with E-state index in [0.29, 0.717) is 5.15 Å². The van der Waals surface area contributed by atoms with Gasteiger partial charge in [0.05, 0.1) is 0 Å². The van der Waals surface area contributed by atoms with E-state index >= 15 is 0 Å². The zero-order valence-electron chi connectivity index (χ0n) is 10.7. The monoisotopic (exact) mass is 260 g/mol. The molecule has 0 saturated carbocycles. The molecule has 0 aliphatic carbocycles. The SMILES string of the molecule is CC(C)(CNc1cccc(Cl)n1)c1ccccc1. The maximum absolute atomic E-state index is 5.86. The van der Waals surface area contributed by atoms with Gasteiger partial charge in [0.1, 0.15) is 11.0 Å². The van der Waals surface area contributed by atoms with Gasteiger partial charge in [-0.15, -0.1) is 0 Å². The van der Waals surface area contributed by atoms with Crippen LogP contribution in [0.3, 0.4) is 0 Å². The van der Waals surface area contributed by atoms with E-state index in [9.17, 15) is 0 Å². The van der Waals surface area contributed by atoms with E-state index in [1.165, 1.54) is 5.56 Å². The van der Waals surface area contributed by atoms with Crippen LogP contribution < -0.4 is 5.32 Å². The number of anilines is 1. The highest BCUT2D eigenvalue weighted by Crippen LogP contribution is 2.23. The van der Waals surface area contributed by atoms with Crippen LogP contribution in [0.4, 0.5) is 5.82 Å². The normalized spacial score (nSPS) is 11.3. The van der Waals surface area contributed by atoms with Gasteiger partial charge in [-0.1, -0.05) is 61.8 Å². The Morgan fingerprint density at radius 1 is 1.06 bits per heavy atom. The maximum atomic E-state index is 5.86. The Bertz CT molecular complexity index is 509. The Balaban J connectivity index is 2.05. The highest BCUT2D eigenvalue weighted by Gasteiger charge is 2.19. The number of benzene rings is 1. The first kappa shape index (κ1) is 12.9. The fraction of sp³-hybridized carbons (Fsp3) is 0.267. The molecule has 1 aromatic heterocycles. The third-order valence-electron chi connectivity index (χ3n) is 2.98. The zero-order chi connectivity index (χ0) is 13.0. The summed E-state index contributed by atoms with van der Waals surface area (Å²) < 4.78 is 0. The molecule has 0 fully saturated rings. The molecule has 94 valence electrons. The number of hydrogen-bond acceptors (Lipinski definition) is 2. The summed E-state index contributed by atoms with van der Waals surface area (Å²) in [6.45, 7) is 5.23. The van der Waals surface area contributed by atoms with E-state index in [1.807, 2.05) is 18.2 Å². The number of rotatable bonds is 4. The molecule has 1 aromatic carbocycles. The average Bonchev–Trinajstić information content (AvgIpc) is 2.38. The van der Waals surface area contributed by atoms with Crippen molar-refractivity contribution in [2.24, 2.45) is 0 Å². The van der Waals surface area contributed by atoms with Crippen LogP contribution in [0.25, 0.3) is 0 Å². The molecule has 0 unspecified atom stereocenters. The molecule has 1 N–H and O–H groups in total. The first-order valence-corrected chi connectivity index (χ1v) is 6.38. The molecular weight excluding hydrogens is 244 g/mol. The lowest BCUT2D eigenvalue weighted by Crippen LogP contribution is -2.27. The summed E-state index contributed by atoms with van der Waals surface area (Å²) in [6.07, 6.45) is 0. The molecule has 3 heteroatoms. The fourth-order valence-corrected chi connectivity index (χ4v) is 1.97. The Kier molecular flexibility index (Phi) is 3.87. The van der Waals surface area contributed by atoms with Crippen LogP contribution >= 0.6 is 11.6 Å². The van der Waals surface area contributed by atoms with Crippen molar-refractivity contribution in [3.05, 3.63) is 59.2 Å². The number of aromatic nitrogens is 1. The molecule has 2 nitrogen and oxygen atoms in total. The number of nitrogens with one attached hydrogen (secondary N) is 1. The van der Waals surface area contributed by atoms with Crippen LogP contribution in [0.1, 0.15) is 19.4 Å². The van der Waals surface area contributed by atoms with E-state index in [2.05, 4.69) is 48.4 Å². The molecule has 0 amide bonds. The quantitative estimate of drug-likeness (QED) is 0.837. The molecule has 0 radical (unpaired) electrons. The lowest BCUT2D eigenvalue weighted by Gasteiger charge is -2.26.